The van der Waals surface area contributed by atoms with Gasteiger partial charge in [0.25, 0.3) is 5.91 Å². The lowest BCUT2D eigenvalue weighted by Crippen LogP contribution is -2.12. The molecule has 6 heteroatoms. The Bertz CT molecular complexity index is 617. The summed E-state index contributed by atoms with van der Waals surface area (Å²) in [5, 5.41) is 3.02. The van der Waals surface area contributed by atoms with Crippen LogP contribution in [0.3, 0.4) is 0 Å². The van der Waals surface area contributed by atoms with Gasteiger partial charge in [0, 0.05) is 17.4 Å². The average molecular weight is 278 g/mol. The van der Waals surface area contributed by atoms with Crippen molar-refractivity contribution in [3.8, 4) is 5.75 Å². The SMILES string of the molecule is COc1cc(C(=O)Nc2ccnc(Cl)c2)ccc1N. The van der Waals surface area contributed by atoms with Crippen molar-refractivity contribution in [3.63, 3.8) is 0 Å². The topological polar surface area (TPSA) is 77.2 Å². The Labute approximate surface area is 115 Å². The van der Waals surface area contributed by atoms with Gasteiger partial charge < -0.3 is 15.8 Å². The van der Waals surface area contributed by atoms with E-state index in [0.29, 0.717) is 27.8 Å². The molecule has 0 saturated carbocycles. The van der Waals surface area contributed by atoms with E-state index in [1.807, 2.05) is 0 Å². The first kappa shape index (κ1) is 13.2. The lowest BCUT2D eigenvalue weighted by atomic mass is 10.1. The van der Waals surface area contributed by atoms with Gasteiger partial charge in [-0.3, -0.25) is 4.79 Å². The zero-order valence-corrected chi connectivity index (χ0v) is 10.9. The van der Waals surface area contributed by atoms with Gasteiger partial charge in [-0.15, -0.1) is 0 Å². The molecule has 3 N–H and O–H groups in total. The van der Waals surface area contributed by atoms with Gasteiger partial charge in [-0.25, -0.2) is 4.98 Å². The number of amides is 1. The lowest BCUT2D eigenvalue weighted by Gasteiger charge is -2.08. The molecule has 0 saturated heterocycles. The van der Waals surface area contributed by atoms with E-state index in [-0.39, 0.29) is 5.91 Å². The quantitative estimate of drug-likeness (QED) is 0.668. The Hall–Kier alpha value is -2.27. The molecule has 1 amide bonds. The highest BCUT2D eigenvalue weighted by atomic mass is 35.5. The minimum Gasteiger partial charge on any atom is -0.495 e. The smallest absolute Gasteiger partial charge is 0.255 e. The maximum atomic E-state index is 12.0. The third-order valence-electron chi connectivity index (χ3n) is 2.48. The number of rotatable bonds is 3. The van der Waals surface area contributed by atoms with Crippen molar-refractivity contribution in [1.82, 2.24) is 4.98 Å². The van der Waals surface area contributed by atoms with E-state index in [0.717, 1.165) is 0 Å². The van der Waals surface area contributed by atoms with E-state index < -0.39 is 0 Å². The number of hydrogen-bond donors (Lipinski definition) is 2. The van der Waals surface area contributed by atoms with Crippen molar-refractivity contribution in [1.29, 1.82) is 0 Å². The summed E-state index contributed by atoms with van der Waals surface area (Å²) in [7, 11) is 1.50. The summed E-state index contributed by atoms with van der Waals surface area (Å²) in [4.78, 5) is 15.9. The number of nitrogens with one attached hydrogen (secondary N) is 1. The number of anilines is 2. The van der Waals surface area contributed by atoms with Crippen molar-refractivity contribution in [2.24, 2.45) is 0 Å². The summed E-state index contributed by atoms with van der Waals surface area (Å²) in [6.45, 7) is 0. The molecule has 0 fully saturated rings. The van der Waals surface area contributed by atoms with Crippen LogP contribution in [-0.4, -0.2) is 18.0 Å². The molecule has 0 spiro atoms. The first-order chi connectivity index (χ1) is 9.10. The van der Waals surface area contributed by atoms with Crippen molar-refractivity contribution in [3.05, 3.63) is 47.2 Å². The molecular weight excluding hydrogens is 266 g/mol. The molecular formula is C13H12ClN3O2. The van der Waals surface area contributed by atoms with Gasteiger partial charge in [0.1, 0.15) is 10.9 Å². The first-order valence-electron chi connectivity index (χ1n) is 5.46. The van der Waals surface area contributed by atoms with Crippen LogP contribution >= 0.6 is 11.6 Å². The minimum absolute atomic E-state index is 0.277. The Kier molecular flexibility index (Phi) is 3.87. The van der Waals surface area contributed by atoms with Crippen LogP contribution in [0.5, 0.6) is 5.75 Å². The lowest BCUT2D eigenvalue weighted by molar-refractivity contribution is 0.102. The van der Waals surface area contributed by atoms with E-state index in [2.05, 4.69) is 10.3 Å². The summed E-state index contributed by atoms with van der Waals surface area (Å²) >= 11 is 5.74. The Morgan fingerprint density at radius 3 is 2.84 bits per heavy atom. The van der Waals surface area contributed by atoms with E-state index in [4.69, 9.17) is 22.1 Å². The molecule has 0 bridgehead atoms. The number of benzene rings is 1. The molecule has 5 nitrogen and oxygen atoms in total. The van der Waals surface area contributed by atoms with Crippen LogP contribution in [0.4, 0.5) is 11.4 Å². The molecule has 0 aliphatic rings. The Morgan fingerprint density at radius 1 is 1.37 bits per heavy atom. The van der Waals surface area contributed by atoms with E-state index >= 15 is 0 Å². The van der Waals surface area contributed by atoms with Crippen LogP contribution in [0.1, 0.15) is 10.4 Å². The molecule has 1 aromatic heterocycles. The molecule has 0 radical (unpaired) electrons. The van der Waals surface area contributed by atoms with Gasteiger partial charge >= 0.3 is 0 Å². The Morgan fingerprint density at radius 2 is 2.16 bits per heavy atom. The van der Waals surface area contributed by atoms with Gasteiger partial charge in [-0.05, 0) is 30.3 Å². The molecule has 0 unspecified atom stereocenters. The fraction of sp³-hybridized carbons (Fsp3) is 0.0769. The fourth-order valence-electron chi connectivity index (χ4n) is 1.54. The molecule has 1 aromatic carbocycles. The summed E-state index contributed by atoms with van der Waals surface area (Å²) in [6.07, 6.45) is 1.52. The molecule has 0 aliphatic carbocycles. The van der Waals surface area contributed by atoms with Gasteiger partial charge in [-0.2, -0.15) is 0 Å². The Balaban J connectivity index is 2.20. The summed E-state index contributed by atoms with van der Waals surface area (Å²) in [5.41, 5.74) is 7.18. The third-order valence-corrected chi connectivity index (χ3v) is 2.69. The maximum absolute atomic E-state index is 12.0. The molecule has 0 atom stereocenters. The van der Waals surface area contributed by atoms with E-state index in [1.165, 1.54) is 13.3 Å². The largest absolute Gasteiger partial charge is 0.495 e. The van der Waals surface area contributed by atoms with Crippen LogP contribution in [0, 0.1) is 0 Å². The van der Waals surface area contributed by atoms with Gasteiger partial charge in [-0.1, -0.05) is 11.6 Å². The molecule has 19 heavy (non-hydrogen) atoms. The minimum atomic E-state index is -0.277. The second-order valence-electron chi connectivity index (χ2n) is 3.78. The molecule has 1 heterocycles. The van der Waals surface area contributed by atoms with Crippen LogP contribution in [0.25, 0.3) is 0 Å². The zero-order valence-electron chi connectivity index (χ0n) is 10.2. The second kappa shape index (κ2) is 5.58. The van der Waals surface area contributed by atoms with Gasteiger partial charge in [0.05, 0.1) is 12.8 Å². The highest BCUT2D eigenvalue weighted by molar-refractivity contribution is 6.29. The van der Waals surface area contributed by atoms with Crippen molar-refractivity contribution >= 4 is 28.9 Å². The monoisotopic (exact) mass is 277 g/mol. The highest BCUT2D eigenvalue weighted by Crippen LogP contribution is 2.23. The summed E-state index contributed by atoms with van der Waals surface area (Å²) < 4.78 is 5.07. The predicted octanol–water partition coefficient (Wildman–Crippen LogP) is 2.58. The molecule has 98 valence electrons. The number of nitrogens with zero attached hydrogens (tertiary/aromatic N) is 1. The van der Waals surface area contributed by atoms with Crippen LogP contribution in [-0.2, 0) is 0 Å². The number of ether oxygens (including phenoxy) is 1. The fourth-order valence-corrected chi connectivity index (χ4v) is 1.71. The van der Waals surface area contributed by atoms with E-state index in [1.54, 1.807) is 30.3 Å². The van der Waals surface area contributed by atoms with Crippen molar-refractivity contribution in [2.45, 2.75) is 0 Å². The predicted molar refractivity (Wildman–Crippen MR) is 74.6 cm³/mol. The van der Waals surface area contributed by atoms with Crippen LogP contribution in [0.15, 0.2) is 36.5 Å². The normalized spacial score (nSPS) is 10.0. The number of hydrogen-bond acceptors (Lipinski definition) is 4. The number of methoxy groups -OCH3 is 1. The number of pyridine rings is 1. The molecule has 0 aliphatic heterocycles. The van der Waals surface area contributed by atoms with Gasteiger partial charge in [0.15, 0.2) is 0 Å². The van der Waals surface area contributed by atoms with Crippen molar-refractivity contribution < 1.29 is 9.53 Å². The number of halogens is 1. The summed E-state index contributed by atoms with van der Waals surface area (Å²) in [6, 6.07) is 8.03. The number of carbonyl (C=O) groups is 1. The first-order valence-corrected chi connectivity index (χ1v) is 5.84. The second-order valence-corrected chi connectivity index (χ2v) is 4.17. The van der Waals surface area contributed by atoms with Gasteiger partial charge in [0.2, 0.25) is 0 Å². The molecule has 2 aromatic rings. The standard InChI is InChI=1S/C13H12ClN3O2/c1-19-11-6-8(2-3-10(11)15)13(18)17-9-4-5-16-12(14)7-9/h2-7H,15H2,1H3,(H,16,17,18). The number of carbonyl (C=O) groups excluding carboxylic acids is 1. The molecule has 2 rings (SSSR count). The summed E-state index contributed by atoms with van der Waals surface area (Å²) in [5.74, 6) is 0.181. The van der Waals surface area contributed by atoms with E-state index in [9.17, 15) is 4.79 Å². The zero-order chi connectivity index (χ0) is 13.8. The van der Waals surface area contributed by atoms with Crippen molar-refractivity contribution in [2.75, 3.05) is 18.2 Å². The third kappa shape index (κ3) is 3.14. The maximum Gasteiger partial charge on any atom is 0.255 e. The number of nitrogens with two attached hydrogens (primary N) is 1. The number of aromatic nitrogens is 1. The van der Waals surface area contributed by atoms with Crippen LogP contribution in [0.2, 0.25) is 5.15 Å². The number of nitrogen functional groups attached to an aromatic ring is 1. The van der Waals surface area contributed by atoms with Crippen LogP contribution < -0.4 is 15.8 Å². The highest BCUT2D eigenvalue weighted by Gasteiger charge is 2.09. The average Bonchev–Trinajstić information content (AvgIpc) is 2.39.